The van der Waals surface area contributed by atoms with E-state index in [4.69, 9.17) is 5.73 Å². The molecule has 68 valence electrons. The Morgan fingerprint density at radius 2 is 2.23 bits per heavy atom. The van der Waals surface area contributed by atoms with E-state index < -0.39 is 0 Å². The molecule has 1 heterocycles. The SMILES string of the molecule is CCc1c(I)sc2cc(N)ccc12. The molecule has 0 spiro atoms. The number of anilines is 1. The van der Waals surface area contributed by atoms with Crippen LogP contribution in [0.4, 0.5) is 5.69 Å². The summed E-state index contributed by atoms with van der Waals surface area (Å²) in [5.74, 6) is 0. The summed E-state index contributed by atoms with van der Waals surface area (Å²) in [4.78, 5) is 0. The molecule has 0 aliphatic rings. The number of hydrogen-bond acceptors (Lipinski definition) is 2. The lowest BCUT2D eigenvalue weighted by Crippen LogP contribution is -1.83. The molecule has 2 N–H and O–H groups in total. The van der Waals surface area contributed by atoms with Gasteiger partial charge in [0.15, 0.2) is 0 Å². The van der Waals surface area contributed by atoms with Crippen molar-refractivity contribution in [3.05, 3.63) is 26.6 Å². The summed E-state index contributed by atoms with van der Waals surface area (Å²) in [6, 6.07) is 6.16. The summed E-state index contributed by atoms with van der Waals surface area (Å²) in [6.07, 6.45) is 1.10. The zero-order chi connectivity index (χ0) is 9.42. The highest BCUT2D eigenvalue weighted by atomic mass is 127. The topological polar surface area (TPSA) is 26.0 Å². The number of fused-ring (bicyclic) bond motifs is 1. The van der Waals surface area contributed by atoms with Crippen molar-refractivity contribution in [1.82, 2.24) is 0 Å². The minimum absolute atomic E-state index is 0.854. The van der Waals surface area contributed by atoms with Gasteiger partial charge in [-0.2, -0.15) is 0 Å². The minimum Gasteiger partial charge on any atom is -0.399 e. The van der Waals surface area contributed by atoms with Crippen LogP contribution in [-0.2, 0) is 6.42 Å². The largest absolute Gasteiger partial charge is 0.399 e. The molecule has 13 heavy (non-hydrogen) atoms. The van der Waals surface area contributed by atoms with Gasteiger partial charge in [0.25, 0.3) is 0 Å². The van der Waals surface area contributed by atoms with Gasteiger partial charge in [0, 0.05) is 10.4 Å². The molecule has 1 aromatic carbocycles. The van der Waals surface area contributed by atoms with Gasteiger partial charge in [-0.05, 0) is 52.1 Å². The Balaban J connectivity index is 2.79. The molecule has 0 atom stereocenters. The lowest BCUT2D eigenvalue weighted by molar-refractivity contribution is 1.16. The fourth-order valence-corrected chi connectivity index (χ4v) is 3.92. The summed E-state index contributed by atoms with van der Waals surface area (Å²) >= 11 is 4.23. The molecule has 0 aliphatic carbocycles. The maximum Gasteiger partial charge on any atom is 0.0697 e. The smallest absolute Gasteiger partial charge is 0.0697 e. The van der Waals surface area contributed by atoms with Gasteiger partial charge < -0.3 is 5.73 Å². The van der Waals surface area contributed by atoms with Crippen molar-refractivity contribution in [2.75, 3.05) is 5.73 Å². The lowest BCUT2D eigenvalue weighted by atomic mass is 10.1. The Labute approximate surface area is 95.1 Å². The first-order valence-corrected chi connectivity index (χ1v) is 6.08. The summed E-state index contributed by atoms with van der Waals surface area (Å²) in [6.45, 7) is 2.19. The van der Waals surface area contributed by atoms with Crippen molar-refractivity contribution in [3.63, 3.8) is 0 Å². The molecule has 0 fully saturated rings. The molecule has 0 saturated heterocycles. The number of benzene rings is 1. The second-order valence-electron chi connectivity index (χ2n) is 2.96. The first-order chi connectivity index (χ1) is 6.22. The van der Waals surface area contributed by atoms with Gasteiger partial charge in [-0.1, -0.05) is 13.0 Å². The Morgan fingerprint density at radius 3 is 2.92 bits per heavy atom. The first-order valence-electron chi connectivity index (χ1n) is 4.18. The molecule has 0 unspecified atom stereocenters. The van der Waals surface area contributed by atoms with Gasteiger partial charge in [-0.3, -0.25) is 0 Å². The fourth-order valence-electron chi connectivity index (χ4n) is 1.47. The van der Waals surface area contributed by atoms with E-state index in [1.54, 1.807) is 0 Å². The molecule has 2 aromatic rings. The highest BCUT2D eigenvalue weighted by Crippen LogP contribution is 2.33. The maximum atomic E-state index is 5.73. The Kier molecular flexibility index (Phi) is 2.47. The van der Waals surface area contributed by atoms with Crippen LogP contribution in [0.3, 0.4) is 0 Å². The standard InChI is InChI=1S/C10H10INS/c1-2-7-8-4-3-6(12)5-9(8)13-10(7)11/h3-5H,2,12H2,1H3. The second-order valence-corrected chi connectivity index (χ2v) is 5.83. The third kappa shape index (κ3) is 1.55. The molecular weight excluding hydrogens is 293 g/mol. The number of hydrogen-bond donors (Lipinski definition) is 1. The average Bonchev–Trinajstić information content (AvgIpc) is 2.39. The van der Waals surface area contributed by atoms with Crippen LogP contribution in [0.5, 0.6) is 0 Å². The molecule has 3 heteroatoms. The summed E-state index contributed by atoms with van der Waals surface area (Å²) in [7, 11) is 0. The molecule has 1 aromatic heterocycles. The third-order valence-electron chi connectivity index (χ3n) is 2.12. The molecular formula is C10H10INS. The number of aryl methyl sites for hydroxylation is 1. The average molecular weight is 303 g/mol. The van der Waals surface area contributed by atoms with E-state index in [-0.39, 0.29) is 0 Å². The van der Waals surface area contributed by atoms with Crippen LogP contribution < -0.4 is 5.73 Å². The second kappa shape index (κ2) is 3.46. The predicted octanol–water partition coefficient (Wildman–Crippen LogP) is 3.65. The summed E-state index contributed by atoms with van der Waals surface area (Å²) in [5.41, 5.74) is 8.04. The molecule has 0 bridgehead atoms. The number of rotatable bonds is 1. The zero-order valence-electron chi connectivity index (χ0n) is 7.30. The highest BCUT2D eigenvalue weighted by molar-refractivity contribution is 14.1. The van der Waals surface area contributed by atoms with E-state index in [0.29, 0.717) is 0 Å². The van der Waals surface area contributed by atoms with Gasteiger partial charge in [0.1, 0.15) is 0 Å². The van der Waals surface area contributed by atoms with E-state index in [1.807, 2.05) is 17.4 Å². The Bertz CT molecular complexity index is 447. The maximum absolute atomic E-state index is 5.73. The van der Waals surface area contributed by atoms with Crippen LogP contribution >= 0.6 is 33.9 Å². The molecule has 0 radical (unpaired) electrons. The molecule has 0 aliphatic heterocycles. The predicted molar refractivity (Wildman–Crippen MR) is 68.3 cm³/mol. The quantitative estimate of drug-likeness (QED) is 0.631. The van der Waals surface area contributed by atoms with Gasteiger partial charge in [0.2, 0.25) is 0 Å². The van der Waals surface area contributed by atoms with Crippen LogP contribution in [0.2, 0.25) is 0 Å². The normalized spacial score (nSPS) is 10.9. The van der Waals surface area contributed by atoms with Crippen LogP contribution in [0.15, 0.2) is 18.2 Å². The van der Waals surface area contributed by atoms with Crippen molar-refractivity contribution < 1.29 is 0 Å². The van der Waals surface area contributed by atoms with Crippen molar-refractivity contribution in [2.24, 2.45) is 0 Å². The Hall–Kier alpha value is -0.290. The van der Waals surface area contributed by atoms with E-state index in [0.717, 1.165) is 12.1 Å². The van der Waals surface area contributed by atoms with Crippen molar-refractivity contribution in [1.29, 1.82) is 0 Å². The molecule has 0 amide bonds. The monoisotopic (exact) mass is 303 g/mol. The van der Waals surface area contributed by atoms with Gasteiger partial charge in [-0.25, -0.2) is 0 Å². The van der Waals surface area contributed by atoms with Crippen LogP contribution in [0, 0.1) is 2.88 Å². The molecule has 0 saturated carbocycles. The van der Waals surface area contributed by atoms with E-state index in [2.05, 4.69) is 41.6 Å². The van der Waals surface area contributed by atoms with Crippen molar-refractivity contribution in [2.45, 2.75) is 13.3 Å². The molecule has 1 nitrogen and oxygen atoms in total. The third-order valence-corrected chi connectivity index (χ3v) is 4.42. The number of thiophene rings is 1. The summed E-state index contributed by atoms with van der Waals surface area (Å²) < 4.78 is 2.70. The van der Waals surface area contributed by atoms with Crippen LogP contribution in [-0.4, -0.2) is 0 Å². The van der Waals surface area contributed by atoms with Crippen LogP contribution in [0.25, 0.3) is 10.1 Å². The van der Waals surface area contributed by atoms with Crippen molar-refractivity contribution >= 4 is 49.7 Å². The van der Waals surface area contributed by atoms with Crippen molar-refractivity contribution in [3.8, 4) is 0 Å². The number of halogens is 1. The zero-order valence-corrected chi connectivity index (χ0v) is 10.3. The minimum atomic E-state index is 0.854. The Morgan fingerprint density at radius 1 is 1.46 bits per heavy atom. The number of nitrogen functional groups attached to an aromatic ring is 1. The summed E-state index contributed by atoms with van der Waals surface area (Å²) in [5, 5.41) is 1.37. The number of nitrogens with two attached hydrogens (primary N) is 1. The van der Waals surface area contributed by atoms with Gasteiger partial charge in [-0.15, -0.1) is 11.3 Å². The van der Waals surface area contributed by atoms with Crippen LogP contribution in [0.1, 0.15) is 12.5 Å². The van der Waals surface area contributed by atoms with E-state index >= 15 is 0 Å². The molecule has 2 rings (SSSR count). The van der Waals surface area contributed by atoms with E-state index in [9.17, 15) is 0 Å². The highest BCUT2D eigenvalue weighted by Gasteiger charge is 2.07. The van der Waals surface area contributed by atoms with Gasteiger partial charge >= 0.3 is 0 Å². The van der Waals surface area contributed by atoms with E-state index in [1.165, 1.54) is 18.5 Å². The first kappa shape index (κ1) is 9.27. The van der Waals surface area contributed by atoms with Gasteiger partial charge in [0.05, 0.1) is 2.88 Å². The lowest BCUT2D eigenvalue weighted by Gasteiger charge is -1.95. The fraction of sp³-hybridized carbons (Fsp3) is 0.200.